The molecule has 6 nitrogen and oxygen atoms in total. The van der Waals surface area contributed by atoms with E-state index in [2.05, 4.69) is 21.2 Å². The van der Waals surface area contributed by atoms with E-state index in [0.717, 1.165) is 26.1 Å². The molecule has 0 unspecified atom stereocenters. The van der Waals surface area contributed by atoms with Gasteiger partial charge in [0.1, 0.15) is 17.9 Å². The SMILES string of the molecule is Cc1cccc(N2C(=O)NC(=O)/C(=C\c3ccc(OCc4ccccc4Br)c(Cl)c3)C2=O)c1C. The van der Waals surface area contributed by atoms with Crippen molar-refractivity contribution in [1.29, 1.82) is 0 Å². The number of imide groups is 2. The molecule has 3 aromatic rings. The Kier molecular flexibility index (Phi) is 6.86. The van der Waals surface area contributed by atoms with Crippen LogP contribution < -0.4 is 15.0 Å². The highest BCUT2D eigenvalue weighted by molar-refractivity contribution is 9.10. The third-order valence-electron chi connectivity index (χ3n) is 5.53. The summed E-state index contributed by atoms with van der Waals surface area (Å²) in [5.74, 6) is -0.999. The third kappa shape index (κ3) is 4.76. The number of rotatable bonds is 5. The molecule has 4 rings (SSSR count). The van der Waals surface area contributed by atoms with E-state index in [1.807, 2.05) is 44.2 Å². The molecule has 172 valence electrons. The summed E-state index contributed by atoms with van der Waals surface area (Å²) in [5, 5.41) is 2.57. The smallest absolute Gasteiger partial charge is 0.335 e. The van der Waals surface area contributed by atoms with Gasteiger partial charge in [0, 0.05) is 10.0 Å². The highest BCUT2D eigenvalue weighted by atomic mass is 79.9. The van der Waals surface area contributed by atoms with Crippen molar-refractivity contribution < 1.29 is 19.1 Å². The molecule has 0 bridgehead atoms. The summed E-state index contributed by atoms with van der Waals surface area (Å²) < 4.78 is 6.75. The van der Waals surface area contributed by atoms with Crippen molar-refractivity contribution in [3.63, 3.8) is 0 Å². The van der Waals surface area contributed by atoms with E-state index in [9.17, 15) is 14.4 Å². The average molecular weight is 540 g/mol. The van der Waals surface area contributed by atoms with Gasteiger partial charge in [-0.05, 0) is 60.9 Å². The molecule has 34 heavy (non-hydrogen) atoms. The van der Waals surface area contributed by atoms with Crippen molar-refractivity contribution in [2.45, 2.75) is 20.5 Å². The van der Waals surface area contributed by atoms with Gasteiger partial charge in [-0.3, -0.25) is 14.9 Å². The van der Waals surface area contributed by atoms with Crippen LogP contribution in [0.2, 0.25) is 5.02 Å². The van der Waals surface area contributed by atoms with Crippen LogP contribution in [0.15, 0.2) is 70.7 Å². The molecule has 1 N–H and O–H groups in total. The molecule has 1 aliphatic rings. The molecular formula is C26H20BrClN2O4. The number of carbonyl (C=O) groups excluding carboxylic acids is 3. The van der Waals surface area contributed by atoms with Gasteiger partial charge in [0.25, 0.3) is 11.8 Å². The van der Waals surface area contributed by atoms with E-state index in [0.29, 0.717) is 28.6 Å². The number of aryl methyl sites for hydroxylation is 1. The highest BCUT2D eigenvalue weighted by Crippen LogP contribution is 2.30. The van der Waals surface area contributed by atoms with E-state index < -0.39 is 17.8 Å². The predicted octanol–water partition coefficient (Wildman–Crippen LogP) is 5.96. The molecule has 4 amide bonds. The maximum atomic E-state index is 13.2. The molecule has 0 spiro atoms. The van der Waals surface area contributed by atoms with Crippen molar-refractivity contribution in [2.75, 3.05) is 4.90 Å². The highest BCUT2D eigenvalue weighted by Gasteiger charge is 2.37. The Balaban J connectivity index is 1.60. The fraction of sp³-hybridized carbons (Fsp3) is 0.115. The summed E-state index contributed by atoms with van der Waals surface area (Å²) in [6, 6.07) is 17.2. The van der Waals surface area contributed by atoms with Gasteiger partial charge in [-0.25, -0.2) is 9.69 Å². The summed E-state index contributed by atoms with van der Waals surface area (Å²) in [6.07, 6.45) is 1.41. The summed E-state index contributed by atoms with van der Waals surface area (Å²) in [4.78, 5) is 39.1. The molecule has 1 saturated heterocycles. The van der Waals surface area contributed by atoms with Crippen LogP contribution in [0, 0.1) is 13.8 Å². The van der Waals surface area contributed by atoms with Crippen LogP contribution in [0.5, 0.6) is 5.75 Å². The summed E-state index contributed by atoms with van der Waals surface area (Å²) >= 11 is 9.88. The van der Waals surface area contributed by atoms with Crippen LogP contribution in [0.3, 0.4) is 0 Å². The Morgan fingerprint density at radius 3 is 2.53 bits per heavy atom. The molecular weight excluding hydrogens is 520 g/mol. The number of benzene rings is 3. The zero-order valence-corrected chi connectivity index (χ0v) is 20.7. The zero-order valence-electron chi connectivity index (χ0n) is 18.4. The Bertz CT molecular complexity index is 1350. The molecule has 0 aromatic heterocycles. The number of hydrogen-bond acceptors (Lipinski definition) is 4. The number of urea groups is 1. The molecule has 0 saturated carbocycles. The Morgan fingerprint density at radius 2 is 1.79 bits per heavy atom. The lowest BCUT2D eigenvalue weighted by atomic mass is 10.0. The number of carbonyl (C=O) groups is 3. The molecule has 1 fully saturated rings. The van der Waals surface area contributed by atoms with Crippen LogP contribution in [0.4, 0.5) is 10.5 Å². The van der Waals surface area contributed by atoms with Crippen LogP contribution in [0.1, 0.15) is 22.3 Å². The summed E-state index contributed by atoms with van der Waals surface area (Å²) in [5.41, 5.74) is 3.44. The van der Waals surface area contributed by atoms with Gasteiger partial charge in [0.2, 0.25) is 0 Å². The first-order valence-electron chi connectivity index (χ1n) is 10.4. The topological polar surface area (TPSA) is 75.7 Å². The van der Waals surface area contributed by atoms with E-state index >= 15 is 0 Å². The van der Waals surface area contributed by atoms with Gasteiger partial charge in [-0.2, -0.15) is 0 Å². The molecule has 0 aliphatic carbocycles. The number of hydrogen-bond donors (Lipinski definition) is 1. The lowest BCUT2D eigenvalue weighted by Gasteiger charge is -2.28. The molecule has 1 heterocycles. The Hall–Kier alpha value is -3.42. The first-order valence-corrected chi connectivity index (χ1v) is 11.6. The minimum absolute atomic E-state index is 0.168. The summed E-state index contributed by atoms with van der Waals surface area (Å²) in [7, 11) is 0. The van der Waals surface area contributed by atoms with Crippen molar-refractivity contribution in [3.05, 3.63) is 98.0 Å². The van der Waals surface area contributed by atoms with Crippen LogP contribution >= 0.6 is 27.5 Å². The average Bonchev–Trinajstić information content (AvgIpc) is 2.79. The number of nitrogens with zero attached hydrogens (tertiary/aromatic N) is 1. The zero-order chi connectivity index (χ0) is 24.4. The second kappa shape index (κ2) is 9.83. The first-order chi connectivity index (χ1) is 16.3. The van der Waals surface area contributed by atoms with Crippen molar-refractivity contribution >= 4 is 57.1 Å². The van der Waals surface area contributed by atoms with Crippen molar-refractivity contribution in [1.82, 2.24) is 5.32 Å². The number of nitrogens with one attached hydrogen (secondary N) is 1. The second-order valence-electron chi connectivity index (χ2n) is 7.75. The standard InChI is InChI=1S/C26H20BrClN2O4/c1-15-6-5-9-22(16(15)2)30-25(32)19(24(31)29-26(30)33)12-17-10-11-23(21(28)13-17)34-14-18-7-3-4-8-20(18)27/h3-13H,14H2,1-2H3,(H,29,31,33)/b19-12+. The van der Waals surface area contributed by atoms with Gasteiger partial charge >= 0.3 is 6.03 Å². The monoisotopic (exact) mass is 538 g/mol. The number of barbiturate groups is 1. The Labute approximate surface area is 210 Å². The van der Waals surface area contributed by atoms with Crippen LogP contribution in [0.25, 0.3) is 6.08 Å². The molecule has 1 aliphatic heterocycles. The van der Waals surface area contributed by atoms with Crippen LogP contribution in [-0.4, -0.2) is 17.8 Å². The van der Waals surface area contributed by atoms with E-state index in [-0.39, 0.29) is 5.57 Å². The molecule has 0 radical (unpaired) electrons. The summed E-state index contributed by atoms with van der Waals surface area (Å²) in [6.45, 7) is 4.02. The number of ether oxygens (including phenoxy) is 1. The fourth-order valence-corrected chi connectivity index (χ4v) is 4.16. The van der Waals surface area contributed by atoms with Crippen molar-refractivity contribution in [3.8, 4) is 5.75 Å². The number of halogens is 2. The van der Waals surface area contributed by atoms with E-state index in [1.54, 1.807) is 30.3 Å². The minimum atomic E-state index is -0.783. The number of anilines is 1. The quantitative estimate of drug-likeness (QED) is 0.320. The van der Waals surface area contributed by atoms with Gasteiger partial charge in [0.15, 0.2) is 0 Å². The third-order valence-corrected chi connectivity index (χ3v) is 6.60. The van der Waals surface area contributed by atoms with Gasteiger partial charge in [-0.1, -0.05) is 63.9 Å². The lowest BCUT2D eigenvalue weighted by Crippen LogP contribution is -2.54. The van der Waals surface area contributed by atoms with Gasteiger partial charge in [0.05, 0.1) is 10.7 Å². The Morgan fingerprint density at radius 1 is 1.03 bits per heavy atom. The second-order valence-corrected chi connectivity index (χ2v) is 9.01. The number of amides is 4. The van der Waals surface area contributed by atoms with E-state index in [1.165, 1.54) is 6.08 Å². The normalized spacial score (nSPS) is 15.0. The molecule has 8 heteroatoms. The molecule has 0 atom stereocenters. The maximum Gasteiger partial charge on any atom is 0.335 e. The minimum Gasteiger partial charge on any atom is -0.487 e. The largest absolute Gasteiger partial charge is 0.487 e. The van der Waals surface area contributed by atoms with Crippen LogP contribution in [-0.2, 0) is 16.2 Å². The maximum absolute atomic E-state index is 13.2. The first kappa shape index (κ1) is 23.7. The predicted molar refractivity (Wildman–Crippen MR) is 135 cm³/mol. The van der Waals surface area contributed by atoms with Gasteiger partial charge < -0.3 is 4.74 Å². The lowest BCUT2D eigenvalue weighted by molar-refractivity contribution is -0.122. The van der Waals surface area contributed by atoms with Crippen molar-refractivity contribution in [2.24, 2.45) is 0 Å². The van der Waals surface area contributed by atoms with Gasteiger partial charge in [-0.15, -0.1) is 0 Å². The fourth-order valence-electron chi connectivity index (χ4n) is 3.52. The molecule has 3 aromatic carbocycles. The van der Waals surface area contributed by atoms with E-state index in [4.69, 9.17) is 16.3 Å².